The number of halogens is 3. The predicted molar refractivity (Wildman–Crippen MR) is 74.0 cm³/mol. The summed E-state index contributed by atoms with van der Waals surface area (Å²) in [5.74, 6) is -3.31. The SMILES string of the molecule is CC(C)CNCc1cnc(-c2cc(F)c(F)c(F)c2)s1. The summed E-state index contributed by atoms with van der Waals surface area (Å²) in [6.07, 6.45) is 1.66. The second kappa shape index (κ2) is 6.37. The molecule has 0 unspecified atom stereocenters. The Balaban J connectivity index is 2.12. The fourth-order valence-corrected chi connectivity index (χ4v) is 2.55. The van der Waals surface area contributed by atoms with Crippen LogP contribution < -0.4 is 5.32 Å². The highest BCUT2D eigenvalue weighted by Crippen LogP contribution is 2.27. The van der Waals surface area contributed by atoms with E-state index in [1.54, 1.807) is 6.20 Å². The van der Waals surface area contributed by atoms with Gasteiger partial charge < -0.3 is 5.32 Å². The zero-order chi connectivity index (χ0) is 14.7. The quantitative estimate of drug-likeness (QED) is 0.845. The van der Waals surface area contributed by atoms with Gasteiger partial charge in [0.1, 0.15) is 5.01 Å². The van der Waals surface area contributed by atoms with Gasteiger partial charge in [0.05, 0.1) is 0 Å². The molecule has 0 aliphatic rings. The van der Waals surface area contributed by atoms with Crippen molar-refractivity contribution in [2.45, 2.75) is 20.4 Å². The van der Waals surface area contributed by atoms with E-state index in [0.29, 0.717) is 17.5 Å². The maximum atomic E-state index is 13.2. The van der Waals surface area contributed by atoms with Crippen molar-refractivity contribution in [3.05, 3.63) is 40.7 Å². The largest absolute Gasteiger partial charge is 0.312 e. The first-order valence-electron chi connectivity index (χ1n) is 6.27. The minimum absolute atomic E-state index is 0.251. The summed E-state index contributed by atoms with van der Waals surface area (Å²) in [7, 11) is 0. The molecule has 1 heterocycles. The van der Waals surface area contributed by atoms with Crippen molar-refractivity contribution in [3.63, 3.8) is 0 Å². The molecule has 2 rings (SSSR count). The van der Waals surface area contributed by atoms with Gasteiger partial charge in [0, 0.05) is 23.2 Å². The third-order valence-electron chi connectivity index (χ3n) is 2.64. The summed E-state index contributed by atoms with van der Waals surface area (Å²) in [4.78, 5) is 5.08. The molecule has 0 bridgehead atoms. The highest BCUT2D eigenvalue weighted by Gasteiger charge is 2.13. The number of nitrogens with zero attached hydrogens (tertiary/aromatic N) is 1. The van der Waals surface area contributed by atoms with Crippen molar-refractivity contribution in [2.75, 3.05) is 6.54 Å². The van der Waals surface area contributed by atoms with Crippen LogP contribution >= 0.6 is 11.3 Å². The third-order valence-corrected chi connectivity index (χ3v) is 3.68. The summed E-state index contributed by atoms with van der Waals surface area (Å²) >= 11 is 1.33. The molecular weight excluding hydrogens is 285 g/mol. The number of benzene rings is 1. The molecule has 0 aliphatic heterocycles. The van der Waals surface area contributed by atoms with Gasteiger partial charge in [-0.15, -0.1) is 11.3 Å². The van der Waals surface area contributed by atoms with Crippen LogP contribution in [0.4, 0.5) is 13.2 Å². The molecule has 0 saturated heterocycles. The Hall–Kier alpha value is -1.40. The van der Waals surface area contributed by atoms with E-state index >= 15 is 0 Å². The van der Waals surface area contributed by atoms with E-state index in [1.807, 2.05) is 0 Å². The monoisotopic (exact) mass is 300 g/mol. The molecule has 0 aliphatic carbocycles. The minimum Gasteiger partial charge on any atom is -0.312 e. The summed E-state index contributed by atoms with van der Waals surface area (Å²) in [6.45, 7) is 5.75. The van der Waals surface area contributed by atoms with E-state index in [1.165, 1.54) is 11.3 Å². The Morgan fingerprint density at radius 2 is 1.85 bits per heavy atom. The average molecular weight is 300 g/mol. The number of hydrogen-bond donors (Lipinski definition) is 1. The van der Waals surface area contributed by atoms with Crippen LogP contribution in [0.5, 0.6) is 0 Å². The molecule has 0 fully saturated rings. The van der Waals surface area contributed by atoms with E-state index < -0.39 is 17.5 Å². The first-order valence-corrected chi connectivity index (χ1v) is 7.09. The molecular formula is C14H15F3N2S. The number of nitrogens with one attached hydrogen (secondary N) is 1. The Morgan fingerprint density at radius 1 is 1.20 bits per heavy atom. The molecule has 0 spiro atoms. The highest BCUT2D eigenvalue weighted by molar-refractivity contribution is 7.15. The second-order valence-electron chi connectivity index (χ2n) is 4.91. The van der Waals surface area contributed by atoms with E-state index in [2.05, 4.69) is 24.1 Å². The number of thiazole rings is 1. The van der Waals surface area contributed by atoms with Crippen molar-refractivity contribution in [1.82, 2.24) is 10.3 Å². The lowest BCUT2D eigenvalue weighted by molar-refractivity contribution is 0.447. The van der Waals surface area contributed by atoms with Crippen LogP contribution in [0.15, 0.2) is 18.3 Å². The van der Waals surface area contributed by atoms with E-state index in [4.69, 9.17) is 0 Å². The number of rotatable bonds is 5. The molecule has 2 nitrogen and oxygen atoms in total. The number of hydrogen-bond acceptors (Lipinski definition) is 3. The average Bonchev–Trinajstić information content (AvgIpc) is 2.83. The van der Waals surface area contributed by atoms with Gasteiger partial charge in [-0.2, -0.15) is 0 Å². The van der Waals surface area contributed by atoms with Crippen LogP contribution in [-0.4, -0.2) is 11.5 Å². The van der Waals surface area contributed by atoms with Crippen LogP contribution in [0.2, 0.25) is 0 Å². The number of aromatic nitrogens is 1. The Labute approximate surface area is 119 Å². The van der Waals surface area contributed by atoms with E-state index in [0.717, 1.165) is 23.6 Å². The first kappa shape index (κ1) is 15.0. The van der Waals surface area contributed by atoms with Crippen LogP contribution in [0, 0.1) is 23.4 Å². The molecule has 0 atom stereocenters. The Bertz CT molecular complexity index is 573. The standard InChI is InChI=1S/C14H15F3N2S/c1-8(2)5-18-6-10-7-19-14(20-10)9-3-11(15)13(17)12(16)4-9/h3-4,7-8,18H,5-6H2,1-2H3. The van der Waals surface area contributed by atoms with Crippen LogP contribution in [0.1, 0.15) is 18.7 Å². The van der Waals surface area contributed by atoms with E-state index in [9.17, 15) is 13.2 Å². The van der Waals surface area contributed by atoms with Gasteiger partial charge in [-0.3, -0.25) is 0 Å². The molecule has 1 aromatic heterocycles. The fraction of sp³-hybridized carbons (Fsp3) is 0.357. The Kier molecular flexibility index (Phi) is 4.77. The summed E-state index contributed by atoms with van der Waals surface area (Å²) in [5, 5.41) is 3.74. The van der Waals surface area contributed by atoms with Crippen molar-refractivity contribution < 1.29 is 13.2 Å². The van der Waals surface area contributed by atoms with Crippen molar-refractivity contribution in [2.24, 2.45) is 5.92 Å². The van der Waals surface area contributed by atoms with Crippen LogP contribution in [0.25, 0.3) is 10.6 Å². The van der Waals surface area contributed by atoms with Crippen LogP contribution in [-0.2, 0) is 6.54 Å². The van der Waals surface area contributed by atoms with Crippen molar-refractivity contribution in [1.29, 1.82) is 0 Å². The third kappa shape index (κ3) is 3.58. The molecule has 0 radical (unpaired) electrons. The molecule has 1 N–H and O–H groups in total. The van der Waals surface area contributed by atoms with Gasteiger partial charge in [-0.1, -0.05) is 13.8 Å². The normalized spacial score (nSPS) is 11.3. The molecule has 20 heavy (non-hydrogen) atoms. The predicted octanol–water partition coefficient (Wildman–Crippen LogP) is 3.97. The van der Waals surface area contributed by atoms with Crippen molar-refractivity contribution in [3.8, 4) is 10.6 Å². The second-order valence-corrected chi connectivity index (χ2v) is 6.03. The van der Waals surface area contributed by atoms with Gasteiger partial charge in [0.2, 0.25) is 0 Å². The summed E-state index contributed by atoms with van der Waals surface area (Å²) < 4.78 is 39.2. The molecule has 2 aromatic rings. The molecule has 108 valence electrons. The van der Waals surface area contributed by atoms with E-state index in [-0.39, 0.29) is 5.56 Å². The lowest BCUT2D eigenvalue weighted by atomic mass is 10.2. The zero-order valence-corrected chi connectivity index (χ0v) is 12.0. The lowest BCUT2D eigenvalue weighted by Crippen LogP contribution is -2.18. The lowest BCUT2D eigenvalue weighted by Gasteiger charge is -2.04. The molecule has 6 heteroatoms. The maximum absolute atomic E-state index is 13.2. The summed E-state index contributed by atoms with van der Waals surface area (Å²) in [5.41, 5.74) is 0.251. The molecule has 1 aromatic carbocycles. The zero-order valence-electron chi connectivity index (χ0n) is 11.2. The van der Waals surface area contributed by atoms with Gasteiger partial charge in [-0.05, 0) is 24.6 Å². The van der Waals surface area contributed by atoms with Gasteiger partial charge in [0.15, 0.2) is 17.5 Å². The van der Waals surface area contributed by atoms with Crippen LogP contribution in [0.3, 0.4) is 0 Å². The van der Waals surface area contributed by atoms with Gasteiger partial charge in [-0.25, -0.2) is 18.2 Å². The van der Waals surface area contributed by atoms with Gasteiger partial charge >= 0.3 is 0 Å². The van der Waals surface area contributed by atoms with Crippen molar-refractivity contribution >= 4 is 11.3 Å². The maximum Gasteiger partial charge on any atom is 0.194 e. The summed E-state index contributed by atoms with van der Waals surface area (Å²) in [6, 6.07) is 1.92. The molecule has 0 amide bonds. The Morgan fingerprint density at radius 3 is 2.45 bits per heavy atom. The molecule has 0 saturated carbocycles. The fourth-order valence-electron chi connectivity index (χ4n) is 1.69. The van der Waals surface area contributed by atoms with Gasteiger partial charge in [0.25, 0.3) is 0 Å². The highest BCUT2D eigenvalue weighted by atomic mass is 32.1. The topological polar surface area (TPSA) is 24.9 Å². The first-order chi connectivity index (χ1) is 9.47. The minimum atomic E-state index is -1.45. The smallest absolute Gasteiger partial charge is 0.194 e.